The van der Waals surface area contributed by atoms with Gasteiger partial charge in [-0.2, -0.15) is 0 Å². The van der Waals surface area contributed by atoms with E-state index in [1.54, 1.807) is 0 Å². The molecular weight excluding hydrogens is 283 g/mol. The summed E-state index contributed by atoms with van der Waals surface area (Å²) < 4.78 is 25.5. The summed E-state index contributed by atoms with van der Waals surface area (Å²) in [6.07, 6.45) is 4.13. The van der Waals surface area contributed by atoms with Crippen molar-refractivity contribution in [1.82, 2.24) is 0 Å². The zero-order chi connectivity index (χ0) is 15.6. The lowest BCUT2D eigenvalue weighted by atomic mass is 9.77. The second-order valence-electron chi connectivity index (χ2n) is 8.83. The normalized spacial score (nSPS) is 50.1. The van der Waals surface area contributed by atoms with Crippen molar-refractivity contribution >= 4 is 7.80 Å². The molecule has 0 saturated carbocycles. The Kier molecular flexibility index (Phi) is 3.60. The van der Waals surface area contributed by atoms with E-state index in [9.17, 15) is 4.57 Å². The van der Waals surface area contributed by atoms with Crippen LogP contribution in [-0.2, 0) is 14.0 Å². The molecule has 120 valence electrons. The number of hydrogen-bond acceptors (Lipinski definition) is 3. The summed E-state index contributed by atoms with van der Waals surface area (Å²) in [6, 6.07) is 0. The van der Waals surface area contributed by atoms with Crippen molar-refractivity contribution in [2.45, 2.75) is 89.4 Å². The molecule has 0 aromatic carbocycles. The van der Waals surface area contributed by atoms with Crippen molar-refractivity contribution in [3.63, 3.8) is 0 Å². The highest BCUT2D eigenvalue weighted by Gasteiger charge is 2.62. The fraction of sp³-hybridized carbons (Fsp3) is 1.00. The highest BCUT2D eigenvalue weighted by molar-refractivity contribution is 7.45. The molecule has 0 N–H and O–H groups in total. The maximum Gasteiger partial charge on any atom is 0.342 e. The zero-order valence-corrected chi connectivity index (χ0v) is 15.2. The van der Waals surface area contributed by atoms with E-state index in [-0.39, 0.29) is 34.5 Å². The van der Waals surface area contributed by atoms with Gasteiger partial charge in [0.15, 0.2) is 11.8 Å². The highest BCUT2D eigenvalue weighted by Crippen LogP contribution is 2.57. The fourth-order valence-electron chi connectivity index (χ4n) is 4.77. The van der Waals surface area contributed by atoms with E-state index >= 15 is 0 Å². The van der Waals surface area contributed by atoms with Crippen LogP contribution in [0.5, 0.6) is 0 Å². The van der Waals surface area contributed by atoms with Crippen LogP contribution in [0.1, 0.15) is 60.8 Å². The molecule has 3 heterocycles. The lowest BCUT2D eigenvalue weighted by molar-refractivity contribution is -0.148. The molecular formula is C17H30O3P+. The molecule has 0 bridgehead atoms. The molecule has 0 amide bonds. The van der Waals surface area contributed by atoms with E-state index < -0.39 is 7.80 Å². The molecule has 3 aliphatic heterocycles. The first-order valence-electron chi connectivity index (χ1n) is 8.35. The number of ether oxygens (including phenoxy) is 2. The maximum atomic E-state index is 12.7. The predicted molar refractivity (Wildman–Crippen MR) is 85.3 cm³/mol. The van der Waals surface area contributed by atoms with Crippen LogP contribution in [0.4, 0.5) is 0 Å². The number of hydrogen-bond donors (Lipinski definition) is 0. The second kappa shape index (κ2) is 4.76. The predicted octanol–water partition coefficient (Wildman–Crippen LogP) is 4.36. The molecule has 0 spiro atoms. The first-order valence-corrected chi connectivity index (χ1v) is 9.86. The van der Waals surface area contributed by atoms with Crippen LogP contribution in [0.15, 0.2) is 0 Å². The first kappa shape index (κ1) is 15.9. The largest absolute Gasteiger partial charge is 0.371 e. The van der Waals surface area contributed by atoms with Gasteiger partial charge in [-0.1, -0.05) is 4.57 Å². The van der Waals surface area contributed by atoms with Crippen LogP contribution in [0.3, 0.4) is 0 Å². The lowest BCUT2D eigenvalue weighted by Crippen LogP contribution is -2.50. The van der Waals surface area contributed by atoms with E-state index in [0.717, 1.165) is 25.4 Å². The molecule has 6 unspecified atom stereocenters. The summed E-state index contributed by atoms with van der Waals surface area (Å²) in [6.45, 7) is 13.0. The Morgan fingerprint density at radius 1 is 1.05 bits per heavy atom. The minimum atomic E-state index is -1.15. The molecule has 3 saturated heterocycles. The highest BCUT2D eigenvalue weighted by atomic mass is 31.1. The number of rotatable bonds is 1. The average molecular weight is 313 g/mol. The van der Waals surface area contributed by atoms with Crippen molar-refractivity contribution in [2.75, 3.05) is 6.16 Å². The van der Waals surface area contributed by atoms with Crippen molar-refractivity contribution in [2.24, 2.45) is 11.8 Å². The molecule has 0 aromatic heterocycles. The van der Waals surface area contributed by atoms with E-state index in [2.05, 4.69) is 41.5 Å². The van der Waals surface area contributed by atoms with Crippen LogP contribution < -0.4 is 0 Å². The standard InChI is InChI=1S/C17H30O3P/c1-11-12-9-16(4,5)19-14(12)13(10-21(11)18)17(6)8-7-15(2,3)20-17/h11-14H,7-10H2,1-6H3/q+1. The molecule has 3 fully saturated rings. The van der Waals surface area contributed by atoms with E-state index in [4.69, 9.17) is 9.47 Å². The van der Waals surface area contributed by atoms with E-state index in [0.29, 0.717) is 5.92 Å². The third-order valence-electron chi connectivity index (χ3n) is 5.97. The topological polar surface area (TPSA) is 35.5 Å². The molecule has 4 heteroatoms. The molecule has 6 atom stereocenters. The SMILES string of the molecule is CC1C2CC(C)(C)OC2C(C2(C)CCC(C)(C)O2)C[P+]1=O. The molecule has 3 nitrogen and oxygen atoms in total. The van der Waals surface area contributed by atoms with Crippen LogP contribution in [0.25, 0.3) is 0 Å². The Balaban J connectivity index is 1.90. The van der Waals surface area contributed by atoms with Gasteiger partial charge in [-0.25, -0.2) is 0 Å². The van der Waals surface area contributed by atoms with Crippen molar-refractivity contribution in [3.8, 4) is 0 Å². The minimum Gasteiger partial charge on any atom is -0.371 e. The van der Waals surface area contributed by atoms with Gasteiger partial charge in [0.05, 0.1) is 28.8 Å². The van der Waals surface area contributed by atoms with Gasteiger partial charge in [-0.3, -0.25) is 0 Å². The van der Waals surface area contributed by atoms with Gasteiger partial charge < -0.3 is 9.47 Å². The van der Waals surface area contributed by atoms with Crippen LogP contribution in [-0.4, -0.2) is 34.7 Å². The van der Waals surface area contributed by atoms with Crippen LogP contribution in [0, 0.1) is 11.8 Å². The van der Waals surface area contributed by atoms with Gasteiger partial charge in [-0.05, 0) is 60.8 Å². The van der Waals surface area contributed by atoms with Gasteiger partial charge in [0.25, 0.3) is 0 Å². The van der Waals surface area contributed by atoms with Crippen molar-refractivity contribution < 1.29 is 14.0 Å². The molecule has 3 aliphatic rings. The fourth-order valence-corrected chi connectivity index (χ4v) is 6.79. The summed E-state index contributed by atoms with van der Waals surface area (Å²) in [5.74, 6) is 0.692. The van der Waals surface area contributed by atoms with Gasteiger partial charge in [-0.15, -0.1) is 0 Å². The molecule has 0 radical (unpaired) electrons. The van der Waals surface area contributed by atoms with E-state index in [1.165, 1.54) is 0 Å². The van der Waals surface area contributed by atoms with Gasteiger partial charge in [0, 0.05) is 5.92 Å². The molecule has 0 aromatic rings. The van der Waals surface area contributed by atoms with Gasteiger partial charge in [0.1, 0.15) is 0 Å². The molecule has 21 heavy (non-hydrogen) atoms. The summed E-state index contributed by atoms with van der Waals surface area (Å²) in [4.78, 5) is 0. The summed E-state index contributed by atoms with van der Waals surface area (Å²) in [5.41, 5.74) is -0.0567. The average Bonchev–Trinajstić information content (AvgIpc) is 2.81. The van der Waals surface area contributed by atoms with Crippen LogP contribution in [0.2, 0.25) is 0 Å². The second-order valence-corrected chi connectivity index (χ2v) is 10.8. The summed E-state index contributed by atoms with van der Waals surface area (Å²) in [7, 11) is -1.15. The Labute approximate surface area is 129 Å². The van der Waals surface area contributed by atoms with E-state index in [1.807, 2.05) is 0 Å². The van der Waals surface area contributed by atoms with Crippen LogP contribution >= 0.6 is 7.80 Å². The molecule has 3 rings (SSSR count). The monoisotopic (exact) mass is 313 g/mol. The van der Waals surface area contributed by atoms with Crippen molar-refractivity contribution in [3.05, 3.63) is 0 Å². The van der Waals surface area contributed by atoms with Crippen molar-refractivity contribution in [1.29, 1.82) is 0 Å². The Morgan fingerprint density at radius 3 is 2.29 bits per heavy atom. The lowest BCUT2D eigenvalue weighted by Gasteiger charge is -2.41. The Hall–Kier alpha value is 0.0200. The molecule has 0 aliphatic carbocycles. The van der Waals surface area contributed by atoms with Gasteiger partial charge in [0.2, 0.25) is 0 Å². The number of fused-ring (bicyclic) bond motifs is 1. The Morgan fingerprint density at radius 2 is 1.71 bits per heavy atom. The third kappa shape index (κ3) is 2.71. The third-order valence-corrected chi connectivity index (χ3v) is 8.01. The van der Waals surface area contributed by atoms with Gasteiger partial charge >= 0.3 is 7.80 Å². The zero-order valence-electron chi connectivity index (χ0n) is 14.3. The summed E-state index contributed by atoms with van der Waals surface area (Å²) in [5, 5.41) is 0. The minimum absolute atomic E-state index is 0.0624. The Bertz CT molecular complexity index is 459. The maximum absolute atomic E-state index is 12.7. The first-order chi connectivity index (χ1) is 9.53. The smallest absolute Gasteiger partial charge is 0.342 e. The quantitative estimate of drug-likeness (QED) is 0.675. The summed E-state index contributed by atoms with van der Waals surface area (Å²) >= 11 is 0.